The van der Waals surface area contributed by atoms with Crippen molar-refractivity contribution in [1.29, 1.82) is 0 Å². The maximum Gasteiger partial charge on any atom is 0.275 e. The fraction of sp³-hybridized carbons (Fsp3) is 0.300. The molecule has 2 aromatic heterocycles. The van der Waals surface area contributed by atoms with Gasteiger partial charge < -0.3 is 10.2 Å². The number of thiophene rings is 1. The molecule has 7 heteroatoms. The molecule has 1 saturated heterocycles. The van der Waals surface area contributed by atoms with Gasteiger partial charge in [0, 0.05) is 54.7 Å². The number of hydrogen-bond donors (Lipinski definition) is 1. The van der Waals surface area contributed by atoms with Crippen LogP contribution >= 0.6 is 22.7 Å². The number of rotatable bonds is 5. The molecule has 1 amide bonds. The molecule has 0 bridgehead atoms. The number of hydrogen-bond acceptors (Lipinski definition) is 6. The van der Waals surface area contributed by atoms with Gasteiger partial charge in [-0.25, -0.2) is 4.98 Å². The first-order chi connectivity index (χ1) is 13.2. The molecule has 140 valence electrons. The van der Waals surface area contributed by atoms with Crippen LogP contribution in [-0.2, 0) is 6.54 Å². The van der Waals surface area contributed by atoms with Crippen LogP contribution in [0.4, 0.5) is 5.69 Å². The lowest BCUT2D eigenvalue weighted by molar-refractivity contribution is 0.102. The number of nitrogens with one attached hydrogen (secondary N) is 1. The summed E-state index contributed by atoms with van der Waals surface area (Å²) >= 11 is 3.13. The van der Waals surface area contributed by atoms with Crippen molar-refractivity contribution in [3.05, 3.63) is 57.7 Å². The Hall–Kier alpha value is -2.06. The van der Waals surface area contributed by atoms with Crippen LogP contribution in [0.2, 0.25) is 0 Å². The average molecular weight is 399 g/mol. The van der Waals surface area contributed by atoms with E-state index in [1.54, 1.807) is 11.3 Å². The van der Waals surface area contributed by atoms with Crippen molar-refractivity contribution in [3.63, 3.8) is 0 Å². The van der Waals surface area contributed by atoms with Crippen molar-refractivity contribution in [1.82, 2.24) is 14.8 Å². The normalized spacial score (nSPS) is 15.7. The number of thiazole rings is 1. The van der Waals surface area contributed by atoms with Crippen LogP contribution in [0.25, 0.3) is 10.6 Å². The Kier molecular flexibility index (Phi) is 5.63. The number of anilines is 1. The number of carbonyl (C=O) groups is 1. The predicted molar refractivity (Wildman–Crippen MR) is 113 cm³/mol. The molecule has 0 aliphatic carbocycles. The van der Waals surface area contributed by atoms with Gasteiger partial charge in [-0.05, 0) is 36.2 Å². The molecule has 1 N–H and O–H groups in total. The van der Waals surface area contributed by atoms with Gasteiger partial charge in [-0.2, -0.15) is 11.3 Å². The van der Waals surface area contributed by atoms with Crippen molar-refractivity contribution >= 4 is 34.3 Å². The Labute approximate surface area is 167 Å². The van der Waals surface area contributed by atoms with Crippen molar-refractivity contribution in [2.24, 2.45) is 0 Å². The van der Waals surface area contributed by atoms with E-state index in [1.807, 2.05) is 34.3 Å². The monoisotopic (exact) mass is 398 g/mol. The van der Waals surface area contributed by atoms with Crippen LogP contribution in [0.5, 0.6) is 0 Å². The highest BCUT2D eigenvalue weighted by atomic mass is 32.1. The highest BCUT2D eigenvalue weighted by Crippen LogP contribution is 2.26. The van der Waals surface area contributed by atoms with Crippen molar-refractivity contribution in [3.8, 4) is 10.6 Å². The average Bonchev–Trinajstić information content (AvgIpc) is 3.35. The van der Waals surface area contributed by atoms with E-state index in [0.717, 1.165) is 49.0 Å². The number of carbonyl (C=O) groups excluding carboxylic acids is 1. The first-order valence-electron chi connectivity index (χ1n) is 8.97. The Balaban J connectivity index is 1.40. The molecule has 1 aliphatic rings. The van der Waals surface area contributed by atoms with Crippen LogP contribution in [0, 0.1) is 0 Å². The Bertz CT molecular complexity index is 898. The number of likely N-dealkylation sites (N-methyl/N-ethyl adjacent to an activating group) is 1. The second-order valence-electron chi connectivity index (χ2n) is 6.78. The predicted octanol–water partition coefficient (Wildman–Crippen LogP) is 3.87. The molecule has 0 atom stereocenters. The van der Waals surface area contributed by atoms with Crippen LogP contribution in [0.3, 0.4) is 0 Å². The summed E-state index contributed by atoms with van der Waals surface area (Å²) < 4.78 is 0. The zero-order chi connectivity index (χ0) is 18.6. The van der Waals surface area contributed by atoms with E-state index in [9.17, 15) is 4.79 Å². The van der Waals surface area contributed by atoms with Gasteiger partial charge >= 0.3 is 0 Å². The molecule has 27 heavy (non-hydrogen) atoms. The molecular weight excluding hydrogens is 376 g/mol. The Morgan fingerprint density at radius 3 is 2.81 bits per heavy atom. The van der Waals surface area contributed by atoms with Crippen molar-refractivity contribution in [2.75, 3.05) is 38.5 Å². The summed E-state index contributed by atoms with van der Waals surface area (Å²) in [5, 5.41) is 9.74. The van der Waals surface area contributed by atoms with E-state index in [4.69, 9.17) is 0 Å². The number of piperazine rings is 1. The summed E-state index contributed by atoms with van der Waals surface area (Å²) in [4.78, 5) is 21.8. The molecule has 0 spiro atoms. The highest BCUT2D eigenvalue weighted by Gasteiger charge is 2.15. The second kappa shape index (κ2) is 8.31. The maximum absolute atomic E-state index is 12.6. The van der Waals surface area contributed by atoms with E-state index < -0.39 is 0 Å². The van der Waals surface area contributed by atoms with E-state index in [-0.39, 0.29) is 5.91 Å². The van der Waals surface area contributed by atoms with Gasteiger partial charge in [0.1, 0.15) is 10.7 Å². The molecule has 0 saturated carbocycles. The number of nitrogens with zero attached hydrogens (tertiary/aromatic N) is 3. The van der Waals surface area contributed by atoms with E-state index in [0.29, 0.717) is 5.69 Å². The first-order valence-corrected chi connectivity index (χ1v) is 10.8. The summed E-state index contributed by atoms with van der Waals surface area (Å²) in [6, 6.07) is 10.1. The minimum absolute atomic E-state index is 0.163. The van der Waals surface area contributed by atoms with Crippen LogP contribution in [0.1, 0.15) is 16.1 Å². The minimum atomic E-state index is -0.163. The zero-order valence-electron chi connectivity index (χ0n) is 15.2. The highest BCUT2D eigenvalue weighted by molar-refractivity contribution is 7.14. The molecule has 3 aromatic rings. The Morgan fingerprint density at radius 2 is 2.04 bits per heavy atom. The van der Waals surface area contributed by atoms with Gasteiger partial charge in [0.05, 0.1) is 0 Å². The standard InChI is InChI=1S/C20H22N4OS2/c1-23-6-8-24(9-7-23)12-15-3-2-4-17(11-15)21-19(25)18-14-27-20(22-18)16-5-10-26-13-16/h2-5,10-11,13-14H,6-9,12H2,1H3,(H,21,25). The number of benzene rings is 1. The lowest BCUT2D eigenvalue weighted by Crippen LogP contribution is -2.43. The summed E-state index contributed by atoms with van der Waals surface area (Å²) in [5.41, 5.74) is 3.56. The molecule has 1 fully saturated rings. The number of aromatic nitrogens is 1. The molecule has 3 heterocycles. The van der Waals surface area contributed by atoms with Gasteiger partial charge in [0.25, 0.3) is 5.91 Å². The third-order valence-corrected chi connectivity index (χ3v) is 6.27. The van der Waals surface area contributed by atoms with Crippen LogP contribution in [-0.4, -0.2) is 53.9 Å². The fourth-order valence-electron chi connectivity index (χ4n) is 3.10. The summed E-state index contributed by atoms with van der Waals surface area (Å²) in [6.45, 7) is 5.28. The van der Waals surface area contributed by atoms with Crippen LogP contribution in [0.15, 0.2) is 46.5 Å². The molecular formula is C20H22N4OS2. The van der Waals surface area contributed by atoms with Crippen LogP contribution < -0.4 is 5.32 Å². The number of amides is 1. The summed E-state index contributed by atoms with van der Waals surface area (Å²) in [6.07, 6.45) is 0. The second-order valence-corrected chi connectivity index (χ2v) is 8.42. The zero-order valence-corrected chi connectivity index (χ0v) is 16.9. The summed E-state index contributed by atoms with van der Waals surface area (Å²) in [7, 11) is 2.16. The van der Waals surface area contributed by atoms with Crippen molar-refractivity contribution < 1.29 is 4.79 Å². The molecule has 5 nitrogen and oxygen atoms in total. The first kappa shape index (κ1) is 18.3. The third-order valence-electron chi connectivity index (χ3n) is 4.69. The largest absolute Gasteiger partial charge is 0.321 e. The Morgan fingerprint density at radius 1 is 1.19 bits per heavy atom. The van der Waals surface area contributed by atoms with Gasteiger partial charge in [0.15, 0.2) is 0 Å². The molecule has 4 rings (SSSR count). The van der Waals surface area contributed by atoms with Gasteiger partial charge in [-0.1, -0.05) is 12.1 Å². The topological polar surface area (TPSA) is 48.5 Å². The van der Waals surface area contributed by atoms with E-state index in [1.165, 1.54) is 16.9 Å². The molecule has 0 unspecified atom stereocenters. The summed E-state index contributed by atoms with van der Waals surface area (Å²) in [5.74, 6) is -0.163. The van der Waals surface area contributed by atoms with Gasteiger partial charge in [0.2, 0.25) is 0 Å². The molecule has 1 aromatic carbocycles. The van der Waals surface area contributed by atoms with Crippen molar-refractivity contribution in [2.45, 2.75) is 6.54 Å². The van der Waals surface area contributed by atoms with E-state index in [2.05, 4.69) is 39.3 Å². The third kappa shape index (κ3) is 4.62. The van der Waals surface area contributed by atoms with Gasteiger partial charge in [-0.15, -0.1) is 11.3 Å². The molecule has 0 radical (unpaired) electrons. The molecule has 1 aliphatic heterocycles. The lowest BCUT2D eigenvalue weighted by atomic mass is 10.1. The van der Waals surface area contributed by atoms with Gasteiger partial charge in [-0.3, -0.25) is 9.69 Å². The quantitative estimate of drug-likeness (QED) is 0.709. The van der Waals surface area contributed by atoms with E-state index >= 15 is 0 Å². The fourth-order valence-corrected chi connectivity index (χ4v) is 4.62. The minimum Gasteiger partial charge on any atom is -0.321 e. The smallest absolute Gasteiger partial charge is 0.275 e. The lowest BCUT2D eigenvalue weighted by Gasteiger charge is -2.32. The SMILES string of the molecule is CN1CCN(Cc2cccc(NC(=O)c3csc(-c4ccsc4)n3)c2)CC1. The maximum atomic E-state index is 12.6.